The highest BCUT2D eigenvalue weighted by Crippen LogP contribution is 2.32. The Labute approximate surface area is 127 Å². The molecule has 0 aromatic heterocycles. The smallest absolute Gasteiger partial charge is 0.226 e. The minimum Gasteiger partial charge on any atom is -0.346 e. The van der Waals surface area contributed by atoms with Crippen molar-refractivity contribution in [1.29, 1.82) is 0 Å². The molecular formula is C16H27N3O2. The van der Waals surface area contributed by atoms with Crippen molar-refractivity contribution in [2.45, 2.75) is 38.1 Å². The molecule has 21 heavy (non-hydrogen) atoms. The predicted molar refractivity (Wildman–Crippen MR) is 82.9 cm³/mol. The zero-order valence-electron chi connectivity index (χ0n) is 13.5. The van der Waals surface area contributed by atoms with Gasteiger partial charge in [0.1, 0.15) is 0 Å². The van der Waals surface area contributed by atoms with Crippen molar-refractivity contribution in [3.63, 3.8) is 0 Å². The summed E-state index contributed by atoms with van der Waals surface area (Å²) >= 11 is 0. The Morgan fingerprint density at radius 1 is 1.24 bits per heavy atom. The Hall–Kier alpha value is -1.36. The fourth-order valence-corrected chi connectivity index (χ4v) is 3.32. The molecule has 1 atom stereocenters. The van der Waals surface area contributed by atoms with E-state index in [4.69, 9.17) is 0 Å². The molecule has 1 unspecified atom stereocenters. The zero-order chi connectivity index (χ0) is 15.5. The van der Waals surface area contributed by atoms with Gasteiger partial charge in [-0.3, -0.25) is 14.5 Å². The van der Waals surface area contributed by atoms with Crippen LogP contribution in [0.25, 0.3) is 0 Å². The second-order valence-corrected chi connectivity index (χ2v) is 6.30. The van der Waals surface area contributed by atoms with Crippen LogP contribution >= 0.6 is 0 Å². The largest absolute Gasteiger partial charge is 0.346 e. The summed E-state index contributed by atoms with van der Waals surface area (Å²) in [6, 6.07) is 0. The number of likely N-dealkylation sites (tertiary alicyclic amines) is 1. The molecule has 0 aromatic carbocycles. The van der Waals surface area contributed by atoms with Gasteiger partial charge >= 0.3 is 0 Å². The fraction of sp³-hybridized carbons (Fsp3) is 0.750. The van der Waals surface area contributed by atoms with Crippen LogP contribution in [0.4, 0.5) is 0 Å². The molecule has 1 spiro atoms. The molecular weight excluding hydrogens is 266 g/mol. The van der Waals surface area contributed by atoms with Gasteiger partial charge in [-0.25, -0.2) is 0 Å². The first kappa shape index (κ1) is 16.0. The van der Waals surface area contributed by atoms with Crippen LogP contribution in [0.5, 0.6) is 0 Å². The Morgan fingerprint density at radius 2 is 2.00 bits per heavy atom. The van der Waals surface area contributed by atoms with Crippen LogP contribution in [0.15, 0.2) is 12.2 Å². The van der Waals surface area contributed by atoms with Gasteiger partial charge in [0.25, 0.3) is 0 Å². The second kappa shape index (κ2) is 6.60. The molecule has 2 heterocycles. The van der Waals surface area contributed by atoms with E-state index in [0.29, 0.717) is 12.8 Å². The molecule has 2 saturated heterocycles. The third kappa shape index (κ3) is 3.46. The molecule has 5 nitrogen and oxygen atoms in total. The van der Waals surface area contributed by atoms with Crippen molar-refractivity contribution >= 4 is 11.8 Å². The Bertz CT molecular complexity index is 435. The van der Waals surface area contributed by atoms with Crippen LogP contribution in [0.1, 0.15) is 32.6 Å². The van der Waals surface area contributed by atoms with E-state index in [-0.39, 0.29) is 17.4 Å². The average molecular weight is 293 g/mol. The van der Waals surface area contributed by atoms with E-state index in [9.17, 15) is 9.59 Å². The van der Waals surface area contributed by atoms with E-state index in [1.165, 1.54) is 0 Å². The van der Waals surface area contributed by atoms with E-state index in [2.05, 4.69) is 11.9 Å². The summed E-state index contributed by atoms with van der Waals surface area (Å²) in [7, 11) is 4.00. The lowest BCUT2D eigenvalue weighted by atomic mass is 9.86. The normalized spacial score (nSPS) is 28.4. The molecule has 2 aliphatic rings. The van der Waals surface area contributed by atoms with Gasteiger partial charge in [0.2, 0.25) is 11.8 Å². The van der Waals surface area contributed by atoms with Crippen molar-refractivity contribution in [2.75, 3.05) is 40.3 Å². The van der Waals surface area contributed by atoms with Crippen molar-refractivity contribution in [3.8, 4) is 0 Å². The van der Waals surface area contributed by atoms with Crippen LogP contribution in [0.2, 0.25) is 0 Å². The minimum absolute atomic E-state index is 0.0374. The summed E-state index contributed by atoms with van der Waals surface area (Å²) in [5, 5.41) is 0. The highest BCUT2D eigenvalue weighted by molar-refractivity contribution is 5.78. The lowest BCUT2D eigenvalue weighted by Crippen LogP contribution is -2.62. The maximum absolute atomic E-state index is 12.3. The molecule has 118 valence electrons. The number of rotatable bonds is 2. The molecule has 0 aromatic rings. The number of carbonyl (C=O) groups is 2. The molecule has 0 bridgehead atoms. The monoisotopic (exact) mass is 293 g/mol. The standard InChI is InChI=1S/C16H27N3O2/c1-4-5-6-15(21)19-12-11-18(3)16(13-19)8-7-14(20)17(2)10-9-16/h4-5H,6-13H2,1-3H3/b5-4+. The molecule has 2 rings (SSSR count). The van der Waals surface area contributed by atoms with E-state index in [0.717, 1.165) is 39.0 Å². The Morgan fingerprint density at radius 3 is 2.71 bits per heavy atom. The maximum atomic E-state index is 12.3. The van der Waals surface area contributed by atoms with Crippen molar-refractivity contribution in [3.05, 3.63) is 12.2 Å². The fourth-order valence-electron chi connectivity index (χ4n) is 3.32. The third-order valence-corrected chi connectivity index (χ3v) is 5.02. The summed E-state index contributed by atoms with van der Waals surface area (Å²) in [6.45, 7) is 5.14. The highest BCUT2D eigenvalue weighted by Gasteiger charge is 2.42. The topological polar surface area (TPSA) is 43.9 Å². The Balaban J connectivity index is 2.09. The summed E-state index contributed by atoms with van der Waals surface area (Å²) in [5.74, 6) is 0.419. The summed E-state index contributed by atoms with van der Waals surface area (Å²) < 4.78 is 0. The molecule has 0 aliphatic carbocycles. The van der Waals surface area contributed by atoms with Crippen LogP contribution in [-0.2, 0) is 9.59 Å². The van der Waals surface area contributed by atoms with E-state index in [1.54, 1.807) is 0 Å². The van der Waals surface area contributed by atoms with Crippen molar-refractivity contribution < 1.29 is 9.59 Å². The van der Waals surface area contributed by atoms with Crippen molar-refractivity contribution in [1.82, 2.24) is 14.7 Å². The molecule has 5 heteroatoms. The van der Waals surface area contributed by atoms with Crippen LogP contribution in [0, 0.1) is 0 Å². The first-order valence-electron chi connectivity index (χ1n) is 7.83. The number of carbonyl (C=O) groups excluding carboxylic acids is 2. The van der Waals surface area contributed by atoms with Gasteiger partial charge in [0, 0.05) is 51.6 Å². The maximum Gasteiger partial charge on any atom is 0.226 e. The third-order valence-electron chi connectivity index (χ3n) is 5.02. The van der Waals surface area contributed by atoms with Crippen LogP contribution in [0.3, 0.4) is 0 Å². The highest BCUT2D eigenvalue weighted by atomic mass is 16.2. The number of piperazine rings is 1. The molecule has 0 radical (unpaired) electrons. The average Bonchev–Trinajstić information content (AvgIpc) is 2.62. The Kier molecular flexibility index (Phi) is 5.04. The number of nitrogens with zero attached hydrogens (tertiary/aromatic N) is 3. The van der Waals surface area contributed by atoms with Gasteiger partial charge in [-0.15, -0.1) is 0 Å². The lowest BCUT2D eigenvalue weighted by Gasteiger charge is -2.49. The van der Waals surface area contributed by atoms with E-state index in [1.807, 2.05) is 35.9 Å². The number of likely N-dealkylation sites (N-methyl/N-ethyl adjacent to an activating group) is 1. The number of allylic oxidation sites excluding steroid dienone is 1. The second-order valence-electron chi connectivity index (χ2n) is 6.30. The number of hydrogen-bond donors (Lipinski definition) is 0. The summed E-state index contributed by atoms with van der Waals surface area (Å²) in [4.78, 5) is 30.4. The molecule has 2 aliphatic heterocycles. The van der Waals surface area contributed by atoms with Crippen LogP contribution in [-0.4, -0.2) is 72.3 Å². The number of amides is 2. The molecule has 2 fully saturated rings. The predicted octanol–water partition coefficient (Wildman–Crippen LogP) is 1.11. The van der Waals surface area contributed by atoms with E-state index < -0.39 is 0 Å². The van der Waals surface area contributed by atoms with Crippen molar-refractivity contribution in [2.24, 2.45) is 0 Å². The quantitative estimate of drug-likeness (QED) is 0.716. The minimum atomic E-state index is -0.0374. The van der Waals surface area contributed by atoms with Gasteiger partial charge in [-0.2, -0.15) is 0 Å². The van der Waals surface area contributed by atoms with Gasteiger partial charge < -0.3 is 9.80 Å². The summed E-state index contributed by atoms with van der Waals surface area (Å²) in [5.41, 5.74) is -0.0374. The molecule has 2 amide bonds. The van der Waals surface area contributed by atoms with E-state index >= 15 is 0 Å². The lowest BCUT2D eigenvalue weighted by molar-refractivity contribution is -0.136. The molecule has 0 N–H and O–H groups in total. The van der Waals surface area contributed by atoms with Gasteiger partial charge in [-0.05, 0) is 26.8 Å². The van der Waals surface area contributed by atoms with Gasteiger partial charge in [0.15, 0.2) is 0 Å². The van der Waals surface area contributed by atoms with Gasteiger partial charge in [0.05, 0.1) is 0 Å². The first-order chi connectivity index (χ1) is 9.98. The SMILES string of the molecule is C/C=C/CC(=O)N1CCN(C)C2(CCC(=O)N(C)CC2)C1. The number of hydrogen-bond acceptors (Lipinski definition) is 3. The first-order valence-corrected chi connectivity index (χ1v) is 7.83. The molecule has 0 saturated carbocycles. The van der Waals surface area contributed by atoms with Crippen LogP contribution < -0.4 is 0 Å². The van der Waals surface area contributed by atoms with Gasteiger partial charge in [-0.1, -0.05) is 12.2 Å². The zero-order valence-corrected chi connectivity index (χ0v) is 13.5. The summed E-state index contributed by atoms with van der Waals surface area (Å²) in [6.07, 6.45) is 6.69.